The summed E-state index contributed by atoms with van der Waals surface area (Å²) in [5, 5.41) is 9.33. The third kappa shape index (κ3) is 3.23. The van der Waals surface area contributed by atoms with Crippen molar-refractivity contribution < 1.29 is 14.3 Å². The molecule has 0 atom stereocenters. The maximum Gasteiger partial charge on any atom is 0.338 e. The zero-order valence-electron chi connectivity index (χ0n) is 10.1. The van der Waals surface area contributed by atoms with E-state index in [1.54, 1.807) is 25.1 Å². The minimum absolute atomic E-state index is 0.104. The van der Waals surface area contributed by atoms with Crippen LogP contribution in [0.15, 0.2) is 41.6 Å². The molecule has 0 radical (unpaired) electrons. The number of halogens is 1. The zero-order valence-corrected chi connectivity index (χ0v) is 10.9. The maximum atomic E-state index is 13.4. The topological polar surface area (TPSA) is 62.2 Å². The van der Waals surface area contributed by atoms with Crippen molar-refractivity contribution >= 4 is 23.6 Å². The Labute approximate surface area is 113 Å². The van der Waals surface area contributed by atoms with Crippen molar-refractivity contribution in [2.45, 2.75) is 11.9 Å². The number of aromatic nitrogens is 1. The number of nitrogens with zero attached hydrogens (tertiary/aromatic N) is 1. The van der Waals surface area contributed by atoms with Gasteiger partial charge in [-0.05, 0) is 36.8 Å². The van der Waals surface area contributed by atoms with Crippen LogP contribution in [0.2, 0.25) is 0 Å². The summed E-state index contributed by atoms with van der Waals surface area (Å²) >= 11 is 1.03. The molecule has 2 aromatic rings. The lowest BCUT2D eigenvalue weighted by Crippen LogP contribution is -2.01. The highest BCUT2D eigenvalue weighted by molar-refractivity contribution is 8.00. The van der Waals surface area contributed by atoms with E-state index in [4.69, 9.17) is 5.11 Å². The van der Waals surface area contributed by atoms with Crippen molar-refractivity contribution in [2.24, 2.45) is 0 Å². The van der Waals surface area contributed by atoms with Gasteiger partial charge in [0.1, 0.15) is 10.8 Å². The van der Waals surface area contributed by atoms with Crippen LogP contribution in [0.5, 0.6) is 0 Å². The molecule has 0 aliphatic rings. The molecule has 0 fully saturated rings. The van der Waals surface area contributed by atoms with Gasteiger partial charge in [-0.3, -0.25) is 0 Å². The van der Waals surface area contributed by atoms with Crippen molar-refractivity contribution in [3.8, 4) is 0 Å². The van der Waals surface area contributed by atoms with E-state index in [2.05, 4.69) is 9.71 Å². The highest BCUT2D eigenvalue weighted by Gasteiger charge is 2.11. The van der Waals surface area contributed by atoms with Gasteiger partial charge in [-0.1, -0.05) is 6.07 Å². The molecule has 0 bridgehead atoms. The first-order valence-corrected chi connectivity index (χ1v) is 6.27. The van der Waals surface area contributed by atoms with Crippen LogP contribution in [0.4, 0.5) is 10.1 Å². The summed E-state index contributed by atoms with van der Waals surface area (Å²) < 4.78 is 16.2. The largest absolute Gasteiger partial charge is 0.478 e. The van der Waals surface area contributed by atoms with Crippen LogP contribution in [0, 0.1) is 12.7 Å². The average molecular weight is 278 g/mol. The number of carboxylic acids is 1. The molecule has 1 aromatic heterocycles. The van der Waals surface area contributed by atoms with Crippen molar-refractivity contribution in [1.82, 2.24) is 4.98 Å². The molecule has 2 N–H and O–H groups in total. The van der Waals surface area contributed by atoms with Gasteiger partial charge in [0.25, 0.3) is 0 Å². The molecule has 19 heavy (non-hydrogen) atoms. The van der Waals surface area contributed by atoms with Gasteiger partial charge in [-0.25, -0.2) is 14.2 Å². The monoisotopic (exact) mass is 278 g/mol. The molecule has 0 saturated heterocycles. The van der Waals surface area contributed by atoms with E-state index >= 15 is 0 Å². The highest BCUT2D eigenvalue weighted by atomic mass is 32.2. The number of anilines is 1. The summed E-state index contributed by atoms with van der Waals surface area (Å²) in [6, 6.07) is 7.74. The smallest absolute Gasteiger partial charge is 0.338 e. The number of hydrogen-bond donors (Lipinski definition) is 2. The SMILES string of the molecule is Cc1ccc(NSc2ncccc2C(=O)O)cc1F. The fourth-order valence-electron chi connectivity index (χ4n) is 1.40. The van der Waals surface area contributed by atoms with Crippen LogP contribution >= 0.6 is 11.9 Å². The molecule has 0 amide bonds. The summed E-state index contributed by atoms with van der Waals surface area (Å²) in [5.74, 6) is -1.36. The van der Waals surface area contributed by atoms with E-state index in [1.165, 1.54) is 18.3 Å². The van der Waals surface area contributed by atoms with Crippen LogP contribution in [-0.2, 0) is 0 Å². The minimum Gasteiger partial charge on any atom is -0.478 e. The number of hydrogen-bond acceptors (Lipinski definition) is 4. The predicted molar refractivity (Wildman–Crippen MR) is 71.8 cm³/mol. The Bertz CT molecular complexity index is 619. The Morgan fingerprint density at radius 2 is 2.21 bits per heavy atom. The van der Waals surface area contributed by atoms with E-state index in [9.17, 15) is 9.18 Å². The van der Waals surface area contributed by atoms with Crippen molar-refractivity contribution in [3.05, 3.63) is 53.5 Å². The first kappa shape index (κ1) is 13.4. The van der Waals surface area contributed by atoms with E-state index in [1.807, 2.05) is 0 Å². The lowest BCUT2D eigenvalue weighted by molar-refractivity contribution is 0.0692. The Morgan fingerprint density at radius 3 is 2.89 bits per heavy atom. The Kier molecular flexibility index (Phi) is 4.01. The number of pyridine rings is 1. The predicted octanol–water partition coefficient (Wildman–Crippen LogP) is 3.35. The number of carbonyl (C=O) groups is 1. The number of aryl methyl sites for hydroxylation is 1. The number of rotatable bonds is 4. The minimum atomic E-state index is -1.05. The van der Waals surface area contributed by atoms with E-state index in [-0.39, 0.29) is 11.4 Å². The van der Waals surface area contributed by atoms with Gasteiger partial charge in [-0.15, -0.1) is 0 Å². The second-order valence-corrected chi connectivity index (χ2v) is 4.62. The Morgan fingerprint density at radius 1 is 1.42 bits per heavy atom. The standard InChI is InChI=1S/C13H11FN2O2S/c1-8-4-5-9(7-11(8)14)16-19-12-10(13(17)18)3-2-6-15-12/h2-7,16H,1H3,(H,17,18). The fourth-order valence-corrected chi connectivity index (χ4v) is 2.12. The van der Waals surface area contributed by atoms with Crippen LogP contribution in [0.3, 0.4) is 0 Å². The van der Waals surface area contributed by atoms with Crippen LogP contribution in [-0.4, -0.2) is 16.1 Å². The molecule has 0 unspecified atom stereocenters. The molecule has 0 saturated carbocycles. The van der Waals surface area contributed by atoms with Gasteiger partial charge >= 0.3 is 5.97 Å². The van der Waals surface area contributed by atoms with Gasteiger partial charge in [0.2, 0.25) is 0 Å². The van der Waals surface area contributed by atoms with Crippen molar-refractivity contribution in [2.75, 3.05) is 4.72 Å². The summed E-state index contributed by atoms with van der Waals surface area (Å²) in [6.07, 6.45) is 1.51. The molecule has 1 heterocycles. The number of benzene rings is 1. The lowest BCUT2D eigenvalue weighted by Gasteiger charge is -2.07. The molecule has 0 aliphatic heterocycles. The number of carboxylic acid groups (broad SMARTS) is 1. The third-order valence-corrected chi connectivity index (χ3v) is 3.30. The maximum absolute atomic E-state index is 13.4. The molecule has 4 nitrogen and oxygen atoms in total. The quantitative estimate of drug-likeness (QED) is 0.840. The summed E-state index contributed by atoms with van der Waals surface area (Å²) in [4.78, 5) is 15.0. The second kappa shape index (κ2) is 5.71. The molecule has 0 spiro atoms. The molecule has 98 valence electrons. The summed E-state index contributed by atoms with van der Waals surface area (Å²) in [7, 11) is 0. The van der Waals surface area contributed by atoms with E-state index in [0.29, 0.717) is 16.3 Å². The molecular weight excluding hydrogens is 267 g/mol. The fraction of sp³-hybridized carbons (Fsp3) is 0.0769. The molecule has 2 rings (SSSR count). The summed E-state index contributed by atoms with van der Waals surface area (Å²) in [6.45, 7) is 1.67. The lowest BCUT2D eigenvalue weighted by atomic mass is 10.2. The first-order chi connectivity index (χ1) is 9.08. The average Bonchev–Trinajstić information content (AvgIpc) is 2.40. The van der Waals surface area contributed by atoms with Gasteiger partial charge in [-0.2, -0.15) is 0 Å². The van der Waals surface area contributed by atoms with Gasteiger partial charge in [0, 0.05) is 23.8 Å². The third-order valence-electron chi connectivity index (χ3n) is 2.44. The molecule has 6 heteroatoms. The normalized spacial score (nSPS) is 10.2. The van der Waals surface area contributed by atoms with Crippen LogP contribution in [0.25, 0.3) is 0 Å². The molecular formula is C13H11FN2O2S. The highest BCUT2D eigenvalue weighted by Crippen LogP contribution is 2.23. The Hall–Kier alpha value is -2.08. The van der Waals surface area contributed by atoms with Crippen molar-refractivity contribution in [1.29, 1.82) is 0 Å². The van der Waals surface area contributed by atoms with Gasteiger partial charge in [0.15, 0.2) is 0 Å². The molecule has 0 aliphatic carbocycles. The van der Waals surface area contributed by atoms with Crippen molar-refractivity contribution in [3.63, 3.8) is 0 Å². The summed E-state index contributed by atoms with van der Waals surface area (Å²) in [5.41, 5.74) is 1.21. The zero-order chi connectivity index (χ0) is 13.8. The second-order valence-electron chi connectivity index (χ2n) is 3.83. The van der Waals surface area contributed by atoms with Crippen LogP contribution < -0.4 is 4.72 Å². The number of aromatic carboxylic acids is 1. The van der Waals surface area contributed by atoms with Gasteiger partial charge < -0.3 is 9.83 Å². The Balaban J connectivity index is 2.14. The van der Waals surface area contributed by atoms with Gasteiger partial charge in [0.05, 0.1) is 5.56 Å². The number of nitrogens with one attached hydrogen (secondary N) is 1. The van der Waals surface area contributed by atoms with E-state index < -0.39 is 5.97 Å². The first-order valence-electron chi connectivity index (χ1n) is 5.45. The van der Waals surface area contributed by atoms with Crippen LogP contribution in [0.1, 0.15) is 15.9 Å². The van der Waals surface area contributed by atoms with E-state index in [0.717, 1.165) is 11.9 Å². The molecule has 1 aromatic carbocycles.